The number of aryl methyl sites for hydroxylation is 1. The van der Waals surface area contributed by atoms with Crippen LogP contribution in [0, 0.1) is 6.92 Å². The van der Waals surface area contributed by atoms with Crippen LogP contribution in [-0.4, -0.2) is 22.6 Å². The lowest BCUT2D eigenvalue weighted by atomic mass is 10.0. The van der Waals surface area contributed by atoms with Crippen LogP contribution in [0.4, 0.5) is 11.6 Å². The first-order chi connectivity index (χ1) is 7.16. The maximum Gasteiger partial charge on any atom is 0.134 e. The van der Waals surface area contributed by atoms with Crippen LogP contribution in [0.2, 0.25) is 0 Å². The highest BCUT2D eigenvalue weighted by atomic mass is 15.2. The second-order valence-corrected chi connectivity index (χ2v) is 4.24. The largest absolute Gasteiger partial charge is 0.384 e. The van der Waals surface area contributed by atoms with E-state index in [1.165, 1.54) is 19.3 Å². The molecule has 0 bridgehead atoms. The molecule has 1 atom stereocenters. The van der Waals surface area contributed by atoms with Crippen LogP contribution in [0.5, 0.6) is 0 Å². The molecule has 0 unspecified atom stereocenters. The third-order valence-corrected chi connectivity index (χ3v) is 2.94. The zero-order valence-corrected chi connectivity index (χ0v) is 9.40. The van der Waals surface area contributed by atoms with Crippen LogP contribution in [0.3, 0.4) is 0 Å². The van der Waals surface area contributed by atoms with Crippen LogP contribution in [0.1, 0.15) is 32.0 Å². The lowest BCUT2D eigenvalue weighted by Gasteiger charge is -2.34. The summed E-state index contributed by atoms with van der Waals surface area (Å²) in [7, 11) is 0. The smallest absolute Gasteiger partial charge is 0.134 e. The number of nitrogen functional groups attached to an aromatic ring is 1. The Labute approximate surface area is 90.5 Å². The zero-order chi connectivity index (χ0) is 10.8. The van der Waals surface area contributed by atoms with Gasteiger partial charge in [-0.05, 0) is 33.1 Å². The summed E-state index contributed by atoms with van der Waals surface area (Å²) in [5.74, 6) is 2.30. The van der Waals surface area contributed by atoms with Gasteiger partial charge in [0.15, 0.2) is 0 Å². The minimum absolute atomic E-state index is 0.562. The standard InChI is InChI=1S/C11H18N4/c1-8-5-3-4-6-15(8)11-7-10(12)13-9(2)14-11/h7-8H,3-6H2,1-2H3,(H2,12,13,14)/t8-/m0/s1. The van der Waals surface area contributed by atoms with Gasteiger partial charge in [0.05, 0.1) is 0 Å². The van der Waals surface area contributed by atoms with E-state index in [1.807, 2.05) is 13.0 Å². The molecule has 1 aromatic rings. The lowest BCUT2D eigenvalue weighted by Crippen LogP contribution is -2.38. The van der Waals surface area contributed by atoms with E-state index in [-0.39, 0.29) is 0 Å². The molecule has 0 aliphatic carbocycles. The summed E-state index contributed by atoms with van der Waals surface area (Å²) in [6.45, 7) is 5.21. The molecule has 4 nitrogen and oxygen atoms in total. The zero-order valence-electron chi connectivity index (χ0n) is 9.40. The first-order valence-corrected chi connectivity index (χ1v) is 5.54. The van der Waals surface area contributed by atoms with Gasteiger partial charge in [0.2, 0.25) is 0 Å². The molecule has 0 aromatic carbocycles. The fourth-order valence-electron chi connectivity index (χ4n) is 2.16. The summed E-state index contributed by atoms with van der Waals surface area (Å²) in [5.41, 5.74) is 5.73. The van der Waals surface area contributed by atoms with Crippen molar-refractivity contribution in [2.24, 2.45) is 0 Å². The van der Waals surface area contributed by atoms with Crippen molar-refractivity contribution in [3.05, 3.63) is 11.9 Å². The molecule has 2 rings (SSSR count). The Bertz CT molecular complexity index is 330. The van der Waals surface area contributed by atoms with Gasteiger partial charge in [-0.2, -0.15) is 0 Å². The Morgan fingerprint density at radius 1 is 1.40 bits per heavy atom. The third kappa shape index (κ3) is 2.19. The van der Waals surface area contributed by atoms with Crippen LogP contribution in [-0.2, 0) is 0 Å². The number of nitrogens with two attached hydrogens (primary N) is 1. The van der Waals surface area contributed by atoms with Gasteiger partial charge < -0.3 is 10.6 Å². The van der Waals surface area contributed by atoms with Crippen LogP contribution < -0.4 is 10.6 Å². The molecular weight excluding hydrogens is 188 g/mol. The molecule has 0 saturated carbocycles. The fourth-order valence-corrected chi connectivity index (χ4v) is 2.16. The third-order valence-electron chi connectivity index (χ3n) is 2.94. The minimum Gasteiger partial charge on any atom is -0.384 e. The average molecular weight is 206 g/mol. The van der Waals surface area contributed by atoms with Crippen molar-refractivity contribution in [3.63, 3.8) is 0 Å². The second kappa shape index (κ2) is 4.04. The SMILES string of the molecule is Cc1nc(N)cc(N2CCCC[C@@H]2C)n1. The Kier molecular flexibility index (Phi) is 2.75. The van der Waals surface area contributed by atoms with E-state index < -0.39 is 0 Å². The second-order valence-electron chi connectivity index (χ2n) is 4.24. The van der Waals surface area contributed by atoms with Crippen molar-refractivity contribution in [2.75, 3.05) is 17.2 Å². The van der Waals surface area contributed by atoms with Gasteiger partial charge in [0, 0.05) is 18.7 Å². The number of piperidine rings is 1. The van der Waals surface area contributed by atoms with Crippen molar-refractivity contribution >= 4 is 11.6 Å². The maximum atomic E-state index is 5.73. The predicted molar refractivity (Wildman–Crippen MR) is 61.8 cm³/mol. The molecule has 4 heteroatoms. The quantitative estimate of drug-likeness (QED) is 0.760. The monoisotopic (exact) mass is 206 g/mol. The number of anilines is 2. The Morgan fingerprint density at radius 2 is 2.20 bits per heavy atom. The lowest BCUT2D eigenvalue weighted by molar-refractivity contribution is 0.481. The van der Waals surface area contributed by atoms with E-state index in [4.69, 9.17) is 5.73 Å². The van der Waals surface area contributed by atoms with Gasteiger partial charge in [-0.1, -0.05) is 0 Å². The molecule has 1 aromatic heterocycles. The average Bonchev–Trinajstić information content (AvgIpc) is 2.16. The summed E-state index contributed by atoms with van der Waals surface area (Å²) in [4.78, 5) is 10.9. The molecule has 1 aliphatic heterocycles. The summed E-state index contributed by atoms with van der Waals surface area (Å²) in [6.07, 6.45) is 3.80. The van der Waals surface area contributed by atoms with Crippen molar-refractivity contribution in [1.82, 2.24) is 9.97 Å². The number of nitrogens with zero attached hydrogens (tertiary/aromatic N) is 3. The van der Waals surface area contributed by atoms with Gasteiger partial charge in [-0.15, -0.1) is 0 Å². The number of hydrogen-bond acceptors (Lipinski definition) is 4. The highest BCUT2D eigenvalue weighted by molar-refractivity contribution is 5.47. The fraction of sp³-hybridized carbons (Fsp3) is 0.636. The van der Waals surface area contributed by atoms with E-state index in [9.17, 15) is 0 Å². The van der Waals surface area contributed by atoms with Gasteiger partial charge in [-0.3, -0.25) is 0 Å². The van der Waals surface area contributed by atoms with E-state index in [2.05, 4.69) is 21.8 Å². The molecule has 0 radical (unpaired) electrons. The highest BCUT2D eigenvalue weighted by Crippen LogP contribution is 2.23. The van der Waals surface area contributed by atoms with Gasteiger partial charge in [-0.25, -0.2) is 9.97 Å². The first-order valence-electron chi connectivity index (χ1n) is 5.54. The van der Waals surface area contributed by atoms with E-state index in [1.54, 1.807) is 0 Å². The molecule has 1 fully saturated rings. The van der Waals surface area contributed by atoms with Crippen molar-refractivity contribution in [1.29, 1.82) is 0 Å². The van der Waals surface area contributed by atoms with E-state index in [0.717, 1.165) is 18.2 Å². The summed E-state index contributed by atoms with van der Waals surface area (Å²) in [5, 5.41) is 0. The van der Waals surface area contributed by atoms with Gasteiger partial charge in [0.25, 0.3) is 0 Å². The molecule has 0 spiro atoms. The maximum absolute atomic E-state index is 5.73. The normalized spacial score (nSPS) is 21.7. The molecule has 2 heterocycles. The highest BCUT2D eigenvalue weighted by Gasteiger charge is 2.19. The molecule has 82 valence electrons. The summed E-state index contributed by atoms with van der Waals surface area (Å²) in [6, 6.07) is 2.43. The Morgan fingerprint density at radius 3 is 2.87 bits per heavy atom. The van der Waals surface area contributed by atoms with E-state index in [0.29, 0.717) is 11.9 Å². The molecule has 1 aliphatic rings. The molecular formula is C11H18N4. The molecule has 2 N–H and O–H groups in total. The van der Waals surface area contributed by atoms with Crippen molar-refractivity contribution in [3.8, 4) is 0 Å². The Balaban J connectivity index is 2.27. The predicted octanol–water partition coefficient (Wildman–Crippen LogP) is 1.75. The first kappa shape index (κ1) is 10.2. The molecule has 1 saturated heterocycles. The number of hydrogen-bond donors (Lipinski definition) is 1. The van der Waals surface area contributed by atoms with Crippen LogP contribution in [0.25, 0.3) is 0 Å². The molecule has 15 heavy (non-hydrogen) atoms. The minimum atomic E-state index is 0.562. The van der Waals surface area contributed by atoms with Crippen LogP contribution in [0.15, 0.2) is 6.07 Å². The summed E-state index contributed by atoms with van der Waals surface area (Å²) < 4.78 is 0. The van der Waals surface area contributed by atoms with Crippen LogP contribution >= 0.6 is 0 Å². The van der Waals surface area contributed by atoms with Crippen molar-refractivity contribution in [2.45, 2.75) is 39.2 Å². The van der Waals surface area contributed by atoms with Gasteiger partial charge >= 0.3 is 0 Å². The van der Waals surface area contributed by atoms with E-state index >= 15 is 0 Å². The summed E-state index contributed by atoms with van der Waals surface area (Å²) >= 11 is 0. The topological polar surface area (TPSA) is 55.0 Å². The number of aromatic nitrogens is 2. The Hall–Kier alpha value is -1.32. The molecule has 0 amide bonds. The number of rotatable bonds is 1. The van der Waals surface area contributed by atoms with Crippen molar-refractivity contribution < 1.29 is 0 Å². The van der Waals surface area contributed by atoms with Gasteiger partial charge in [0.1, 0.15) is 17.5 Å².